The molecule has 0 saturated carbocycles. The standard InChI is InChI=1S/C17H20ClFN4O3/c1-3-25-17(24)23-9-7-22(8-10-23)11(2)15-20-16(26-21-15)12-5-4-6-13(18)14(12)19/h4-6,11H,3,7-10H2,1-2H3/t11-/m0/s1. The molecule has 1 saturated heterocycles. The van der Waals surface area contributed by atoms with Crippen LogP contribution in [-0.4, -0.2) is 58.8 Å². The third-order valence-corrected chi connectivity index (χ3v) is 4.68. The van der Waals surface area contributed by atoms with Gasteiger partial charge in [0.2, 0.25) is 0 Å². The molecule has 0 radical (unpaired) electrons. The summed E-state index contributed by atoms with van der Waals surface area (Å²) < 4.78 is 24.4. The Morgan fingerprint density at radius 3 is 2.81 bits per heavy atom. The minimum Gasteiger partial charge on any atom is -0.450 e. The van der Waals surface area contributed by atoms with Crippen LogP contribution < -0.4 is 0 Å². The molecule has 1 fully saturated rings. The SMILES string of the molecule is CCOC(=O)N1CCN([C@@H](C)c2noc(-c3cccc(Cl)c3F)n2)CC1. The van der Waals surface area contributed by atoms with Crippen molar-refractivity contribution in [2.45, 2.75) is 19.9 Å². The van der Waals surface area contributed by atoms with Crippen molar-refractivity contribution in [2.75, 3.05) is 32.8 Å². The summed E-state index contributed by atoms with van der Waals surface area (Å²) in [6.45, 7) is 6.55. The molecule has 0 aliphatic carbocycles. The van der Waals surface area contributed by atoms with E-state index in [0.29, 0.717) is 38.6 Å². The average Bonchev–Trinajstić information content (AvgIpc) is 3.13. The third kappa shape index (κ3) is 3.81. The van der Waals surface area contributed by atoms with E-state index in [2.05, 4.69) is 15.0 Å². The van der Waals surface area contributed by atoms with Gasteiger partial charge >= 0.3 is 6.09 Å². The molecule has 1 atom stereocenters. The van der Waals surface area contributed by atoms with Gasteiger partial charge < -0.3 is 14.2 Å². The van der Waals surface area contributed by atoms with Gasteiger partial charge in [0.1, 0.15) is 0 Å². The molecule has 2 heterocycles. The summed E-state index contributed by atoms with van der Waals surface area (Å²) in [5.74, 6) is -0.0268. The molecule has 7 nitrogen and oxygen atoms in total. The van der Waals surface area contributed by atoms with Crippen molar-refractivity contribution in [1.82, 2.24) is 19.9 Å². The van der Waals surface area contributed by atoms with Gasteiger partial charge in [0.05, 0.1) is 23.2 Å². The van der Waals surface area contributed by atoms with Gasteiger partial charge in [-0.1, -0.05) is 22.8 Å². The minimum atomic E-state index is -0.583. The number of hydrogen-bond acceptors (Lipinski definition) is 6. The smallest absolute Gasteiger partial charge is 0.409 e. The summed E-state index contributed by atoms with van der Waals surface area (Å²) >= 11 is 5.80. The van der Waals surface area contributed by atoms with Gasteiger partial charge in [0, 0.05) is 26.2 Å². The molecule has 1 aliphatic rings. The molecule has 1 aliphatic heterocycles. The first-order valence-electron chi connectivity index (χ1n) is 8.45. The summed E-state index contributed by atoms with van der Waals surface area (Å²) in [5, 5.41) is 3.98. The van der Waals surface area contributed by atoms with Crippen LogP contribution in [0.4, 0.5) is 9.18 Å². The molecule has 9 heteroatoms. The molecule has 0 bridgehead atoms. The molecule has 1 aromatic carbocycles. The molecule has 140 valence electrons. The largest absolute Gasteiger partial charge is 0.450 e. The summed E-state index contributed by atoms with van der Waals surface area (Å²) in [5.41, 5.74) is 0.176. The maximum atomic E-state index is 14.1. The minimum absolute atomic E-state index is 0.00499. The monoisotopic (exact) mass is 382 g/mol. The molecule has 2 aromatic rings. The second kappa shape index (κ2) is 8.01. The van der Waals surface area contributed by atoms with Crippen LogP contribution in [0.15, 0.2) is 22.7 Å². The number of carbonyl (C=O) groups is 1. The lowest BCUT2D eigenvalue weighted by Gasteiger charge is -2.36. The number of nitrogens with zero attached hydrogens (tertiary/aromatic N) is 4. The Morgan fingerprint density at radius 2 is 2.12 bits per heavy atom. The number of benzene rings is 1. The van der Waals surface area contributed by atoms with Crippen LogP contribution in [0.3, 0.4) is 0 Å². The number of piperazine rings is 1. The number of amides is 1. The van der Waals surface area contributed by atoms with Crippen molar-refractivity contribution >= 4 is 17.7 Å². The number of rotatable bonds is 4. The Morgan fingerprint density at radius 1 is 1.38 bits per heavy atom. The Bertz CT molecular complexity index is 777. The highest BCUT2D eigenvalue weighted by Gasteiger charge is 2.28. The second-order valence-electron chi connectivity index (χ2n) is 5.96. The molecular formula is C17H20ClFN4O3. The zero-order valence-electron chi connectivity index (χ0n) is 14.6. The van der Waals surface area contributed by atoms with Crippen LogP contribution in [0.25, 0.3) is 11.5 Å². The Hall–Kier alpha value is -2.19. The van der Waals surface area contributed by atoms with E-state index in [4.69, 9.17) is 20.9 Å². The van der Waals surface area contributed by atoms with E-state index < -0.39 is 5.82 Å². The first kappa shape index (κ1) is 18.6. The average molecular weight is 383 g/mol. The van der Waals surface area contributed by atoms with E-state index in [1.54, 1.807) is 24.0 Å². The maximum absolute atomic E-state index is 14.1. The lowest BCUT2D eigenvalue weighted by Crippen LogP contribution is -2.49. The zero-order chi connectivity index (χ0) is 18.7. The number of ether oxygens (including phenoxy) is 1. The van der Waals surface area contributed by atoms with E-state index in [-0.39, 0.29) is 28.6 Å². The van der Waals surface area contributed by atoms with Crippen LogP contribution in [0.2, 0.25) is 5.02 Å². The fraction of sp³-hybridized carbons (Fsp3) is 0.471. The lowest BCUT2D eigenvalue weighted by molar-refractivity contribution is 0.0669. The van der Waals surface area contributed by atoms with Gasteiger partial charge in [-0.2, -0.15) is 4.98 Å². The highest BCUT2D eigenvalue weighted by atomic mass is 35.5. The third-order valence-electron chi connectivity index (χ3n) is 4.39. The van der Waals surface area contributed by atoms with E-state index in [1.807, 2.05) is 6.92 Å². The van der Waals surface area contributed by atoms with Crippen LogP contribution in [0, 0.1) is 5.82 Å². The number of aromatic nitrogens is 2. The van der Waals surface area contributed by atoms with E-state index in [1.165, 1.54) is 6.07 Å². The van der Waals surface area contributed by atoms with Crippen molar-refractivity contribution in [2.24, 2.45) is 0 Å². The fourth-order valence-corrected chi connectivity index (χ4v) is 3.03. The van der Waals surface area contributed by atoms with Gasteiger partial charge in [0.15, 0.2) is 11.6 Å². The molecular weight excluding hydrogens is 363 g/mol. The van der Waals surface area contributed by atoms with Gasteiger partial charge in [0.25, 0.3) is 5.89 Å². The predicted octanol–water partition coefficient (Wildman–Crippen LogP) is 3.36. The summed E-state index contributed by atoms with van der Waals surface area (Å²) in [4.78, 5) is 19.9. The van der Waals surface area contributed by atoms with Crippen molar-refractivity contribution in [3.05, 3.63) is 34.9 Å². The number of hydrogen-bond donors (Lipinski definition) is 0. The van der Waals surface area contributed by atoms with Crippen LogP contribution in [0.1, 0.15) is 25.7 Å². The molecule has 26 heavy (non-hydrogen) atoms. The highest BCUT2D eigenvalue weighted by Crippen LogP contribution is 2.28. The fourth-order valence-electron chi connectivity index (χ4n) is 2.85. The van der Waals surface area contributed by atoms with Crippen LogP contribution in [0.5, 0.6) is 0 Å². The van der Waals surface area contributed by atoms with E-state index >= 15 is 0 Å². The topological polar surface area (TPSA) is 71.7 Å². The van der Waals surface area contributed by atoms with Crippen molar-refractivity contribution < 1.29 is 18.4 Å². The molecule has 0 spiro atoms. The number of carbonyl (C=O) groups excluding carboxylic acids is 1. The second-order valence-corrected chi connectivity index (χ2v) is 6.36. The summed E-state index contributed by atoms with van der Waals surface area (Å²) in [7, 11) is 0. The van der Waals surface area contributed by atoms with Crippen molar-refractivity contribution in [1.29, 1.82) is 0 Å². The summed E-state index contributed by atoms with van der Waals surface area (Å²) in [6.07, 6.45) is -0.293. The number of halogens is 2. The van der Waals surface area contributed by atoms with Gasteiger partial charge in [-0.05, 0) is 26.0 Å². The van der Waals surface area contributed by atoms with Crippen LogP contribution in [-0.2, 0) is 4.74 Å². The van der Waals surface area contributed by atoms with E-state index in [9.17, 15) is 9.18 Å². The summed E-state index contributed by atoms with van der Waals surface area (Å²) in [6, 6.07) is 4.51. The van der Waals surface area contributed by atoms with Gasteiger partial charge in [-0.15, -0.1) is 0 Å². The lowest BCUT2D eigenvalue weighted by atomic mass is 10.2. The first-order chi connectivity index (χ1) is 12.5. The molecule has 3 rings (SSSR count). The Balaban J connectivity index is 1.67. The first-order valence-corrected chi connectivity index (χ1v) is 8.82. The molecule has 0 unspecified atom stereocenters. The van der Waals surface area contributed by atoms with Crippen LogP contribution >= 0.6 is 11.6 Å². The van der Waals surface area contributed by atoms with Crippen molar-refractivity contribution in [3.8, 4) is 11.5 Å². The van der Waals surface area contributed by atoms with Gasteiger partial charge in [-0.3, -0.25) is 4.90 Å². The van der Waals surface area contributed by atoms with Gasteiger partial charge in [-0.25, -0.2) is 9.18 Å². The highest BCUT2D eigenvalue weighted by molar-refractivity contribution is 6.31. The normalized spacial score (nSPS) is 16.5. The molecule has 1 amide bonds. The maximum Gasteiger partial charge on any atom is 0.409 e. The molecule has 1 aromatic heterocycles. The van der Waals surface area contributed by atoms with Crippen molar-refractivity contribution in [3.63, 3.8) is 0 Å². The Kier molecular flexibility index (Phi) is 5.73. The van der Waals surface area contributed by atoms with E-state index in [0.717, 1.165) is 0 Å². The molecule has 0 N–H and O–H groups in total. The quantitative estimate of drug-likeness (QED) is 0.807. The Labute approximate surface area is 155 Å². The zero-order valence-corrected chi connectivity index (χ0v) is 15.4. The predicted molar refractivity (Wildman–Crippen MR) is 93.3 cm³/mol.